The van der Waals surface area contributed by atoms with Crippen LogP contribution in [0.4, 0.5) is 0 Å². The van der Waals surface area contributed by atoms with Gasteiger partial charge in [-0.05, 0) is 19.3 Å². The van der Waals surface area contributed by atoms with E-state index in [9.17, 15) is 5.21 Å². The molecule has 1 atom stereocenters. The van der Waals surface area contributed by atoms with E-state index in [1.54, 1.807) is 0 Å². The fraction of sp³-hybridized carbons (Fsp3) is 1.00. The Morgan fingerprint density at radius 3 is 1.08 bits per heavy atom. The van der Waals surface area contributed by atoms with Crippen molar-refractivity contribution in [1.82, 2.24) is 0 Å². The van der Waals surface area contributed by atoms with Crippen LogP contribution in [0.3, 0.4) is 0 Å². The largest absolute Gasteiger partial charge is 0.633 e. The van der Waals surface area contributed by atoms with Gasteiger partial charge in [0.05, 0.1) is 20.1 Å². The monoisotopic (exact) mass is 355 g/mol. The molecule has 1 unspecified atom stereocenters. The second kappa shape index (κ2) is 18.7. The van der Waals surface area contributed by atoms with Gasteiger partial charge in [-0.15, -0.1) is 0 Å². The van der Waals surface area contributed by atoms with E-state index in [-0.39, 0.29) is 4.65 Å². The van der Waals surface area contributed by atoms with Gasteiger partial charge in [0.15, 0.2) is 0 Å². The van der Waals surface area contributed by atoms with Gasteiger partial charge in [-0.25, -0.2) is 0 Å². The van der Waals surface area contributed by atoms with Crippen LogP contribution in [0, 0.1) is 5.21 Å². The van der Waals surface area contributed by atoms with Crippen molar-refractivity contribution < 1.29 is 4.65 Å². The molecule has 0 radical (unpaired) electrons. The second-order valence-electron chi connectivity index (χ2n) is 8.40. The highest BCUT2D eigenvalue weighted by molar-refractivity contribution is 4.50. The summed E-state index contributed by atoms with van der Waals surface area (Å²) in [5, 5.41) is 12.1. The molecule has 0 aliphatic rings. The number of unbranched alkanes of at least 4 members (excludes halogenated alkanes) is 16. The Hall–Kier alpha value is -0.0800. The normalized spacial score (nSPS) is 13.9. The molecular weight excluding hydrogens is 306 g/mol. The van der Waals surface area contributed by atoms with E-state index in [0.717, 1.165) is 32.4 Å². The maximum atomic E-state index is 12.1. The highest BCUT2D eigenvalue weighted by atomic mass is 16.5. The summed E-state index contributed by atoms with van der Waals surface area (Å²) in [5.41, 5.74) is 0. The summed E-state index contributed by atoms with van der Waals surface area (Å²) in [6, 6.07) is 0. The molecule has 0 aromatic carbocycles. The lowest BCUT2D eigenvalue weighted by Gasteiger charge is -2.38. The molecule has 0 heterocycles. The van der Waals surface area contributed by atoms with Gasteiger partial charge in [0, 0.05) is 0 Å². The molecule has 25 heavy (non-hydrogen) atoms. The van der Waals surface area contributed by atoms with Crippen molar-refractivity contribution >= 4 is 0 Å². The van der Waals surface area contributed by atoms with Crippen LogP contribution in [0.1, 0.15) is 129 Å². The Labute approximate surface area is 159 Å². The first kappa shape index (κ1) is 24.9. The van der Waals surface area contributed by atoms with E-state index in [2.05, 4.69) is 13.8 Å². The lowest BCUT2D eigenvalue weighted by molar-refractivity contribution is -0.861. The Morgan fingerprint density at radius 1 is 0.440 bits per heavy atom. The van der Waals surface area contributed by atoms with Gasteiger partial charge in [-0.3, -0.25) is 0 Å². The van der Waals surface area contributed by atoms with Gasteiger partial charge in [-0.1, -0.05) is 110 Å². The minimum absolute atomic E-state index is 0.0214. The van der Waals surface area contributed by atoms with E-state index in [1.807, 2.05) is 7.05 Å². The van der Waals surface area contributed by atoms with Gasteiger partial charge in [0.25, 0.3) is 0 Å². The quantitative estimate of drug-likeness (QED) is 0.123. The van der Waals surface area contributed by atoms with E-state index in [4.69, 9.17) is 0 Å². The zero-order valence-corrected chi connectivity index (χ0v) is 18.0. The summed E-state index contributed by atoms with van der Waals surface area (Å²) in [4.78, 5) is 0. The minimum Gasteiger partial charge on any atom is -0.633 e. The van der Waals surface area contributed by atoms with Crippen LogP contribution in [-0.2, 0) is 0 Å². The third-order valence-electron chi connectivity index (χ3n) is 5.47. The number of hydroxylamine groups is 3. The molecule has 152 valence electrons. The summed E-state index contributed by atoms with van der Waals surface area (Å²) < 4.78 is -0.0214. The molecule has 0 N–H and O–H groups in total. The summed E-state index contributed by atoms with van der Waals surface area (Å²) in [5.74, 6) is 0. The number of hydrogen-bond donors (Lipinski definition) is 0. The predicted octanol–water partition coefficient (Wildman–Crippen LogP) is 7.99. The van der Waals surface area contributed by atoms with Crippen molar-refractivity contribution in [2.45, 2.75) is 129 Å². The lowest BCUT2D eigenvalue weighted by atomic mass is 10.0. The maximum absolute atomic E-state index is 12.1. The first-order valence-electron chi connectivity index (χ1n) is 11.7. The Kier molecular flexibility index (Phi) is 18.6. The third-order valence-corrected chi connectivity index (χ3v) is 5.47. The average Bonchev–Trinajstić information content (AvgIpc) is 2.59. The highest BCUT2D eigenvalue weighted by Crippen LogP contribution is 2.14. The first-order chi connectivity index (χ1) is 12.1. The van der Waals surface area contributed by atoms with Crippen LogP contribution in [0.15, 0.2) is 0 Å². The van der Waals surface area contributed by atoms with Crippen LogP contribution in [0.2, 0.25) is 0 Å². The minimum atomic E-state index is -0.0214. The fourth-order valence-electron chi connectivity index (χ4n) is 3.60. The van der Waals surface area contributed by atoms with E-state index < -0.39 is 0 Å². The predicted molar refractivity (Wildman–Crippen MR) is 114 cm³/mol. The number of rotatable bonds is 20. The van der Waals surface area contributed by atoms with E-state index >= 15 is 0 Å². The van der Waals surface area contributed by atoms with Crippen LogP contribution in [0.25, 0.3) is 0 Å². The summed E-state index contributed by atoms with van der Waals surface area (Å²) in [6.45, 7) is 6.07. The molecule has 0 bridgehead atoms. The van der Waals surface area contributed by atoms with Crippen molar-refractivity contribution in [2.24, 2.45) is 0 Å². The van der Waals surface area contributed by atoms with Gasteiger partial charge in [0.1, 0.15) is 0 Å². The molecule has 0 aliphatic carbocycles. The zero-order valence-electron chi connectivity index (χ0n) is 18.0. The lowest BCUT2D eigenvalue weighted by Crippen LogP contribution is -2.39. The molecule has 0 saturated heterocycles. The van der Waals surface area contributed by atoms with Crippen LogP contribution in [-0.4, -0.2) is 24.8 Å². The van der Waals surface area contributed by atoms with Gasteiger partial charge in [0.2, 0.25) is 0 Å². The molecule has 0 rings (SSSR count). The Balaban J connectivity index is 3.14. The summed E-state index contributed by atoms with van der Waals surface area (Å²) in [6.07, 6.45) is 24.5. The molecule has 0 saturated carbocycles. The van der Waals surface area contributed by atoms with Crippen molar-refractivity contribution in [3.8, 4) is 0 Å². The van der Waals surface area contributed by atoms with Gasteiger partial charge >= 0.3 is 0 Å². The number of nitrogens with zero attached hydrogens (tertiary/aromatic N) is 1. The van der Waals surface area contributed by atoms with E-state index in [0.29, 0.717) is 0 Å². The van der Waals surface area contributed by atoms with Crippen molar-refractivity contribution in [2.75, 3.05) is 20.1 Å². The molecule has 0 fully saturated rings. The number of hydrogen-bond acceptors (Lipinski definition) is 1. The molecule has 0 aliphatic heterocycles. The molecule has 2 heteroatoms. The standard InChI is InChI=1S/C23H49NO/c1-4-6-8-9-10-11-12-13-14-15-16-17-18-19-20-21-23-24(3,25)22-7-5-2/h4-23H2,1-3H3. The molecule has 0 spiro atoms. The molecule has 0 amide bonds. The Morgan fingerprint density at radius 2 is 0.720 bits per heavy atom. The second-order valence-corrected chi connectivity index (χ2v) is 8.40. The topological polar surface area (TPSA) is 23.1 Å². The number of quaternary nitrogens is 1. The summed E-state index contributed by atoms with van der Waals surface area (Å²) in [7, 11) is 1.85. The molecule has 2 nitrogen and oxygen atoms in total. The van der Waals surface area contributed by atoms with Crippen molar-refractivity contribution in [3.63, 3.8) is 0 Å². The highest BCUT2D eigenvalue weighted by Gasteiger charge is 2.08. The van der Waals surface area contributed by atoms with Crippen LogP contribution < -0.4 is 0 Å². The molecule has 0 aromatic rings. The van der Waals surface area contributed by atoms with Gasteiger partial charge < -0.3 is 9.85 Å². The van der Waals surface area contributed by atoms with Crippen molar-refractivity contribution in [3.05, 3.63) is 5.21 Å². The smallest absolute Gasteiger partial charge is 0.0781 e. The van der Waals surface area contributed by atoms with Gasteiger partial charge in [-0.2, -0.15) is 0 Å². The SMILES string of the molecule is CCCCCCCCCCCCCCCCCC[N+](C)([O-])CCCC. The zero-order chi connectivity index (χ0) is 18.6. The Bertz CT molecular complexity index is 252. The van der Waals surface area contributed by atoms with Crippen molar-refractivity contribution in [1.29, 1.82) is 0 Å². The fourth-order valence-corrected chi connectivity index (χ4v) is 3.60. The summed E-state index contributed by atoms with van der Waals surface area (Å²) >= 11 is 0. The average molecular weight is 356 g/mol. The van der Waals surface area contributed by atoms with Crippen LogP contribution >= 0.6 is 0 Å². The van der Waals surface area contributed by atoms with Crippen LogP contribution in [0.5, 0.6) is 0 Å². The first-order valence-corrected chi connectivity index (χ1v) is 11.7. The molecular formula is C23H49NO. The van der Waals surface area contributed by atoms with E-state index in [1.165, 1.54) is 96.3 Å². The third kappa shape index (κ3) is 20.1. The molecule has 0 aromatic heterocycles. The maximum Gasteiger partial charge on any atom is 0.0781 e.